The third-order valence-electron chi connectivity index (χ3n) is 3.32. The summed E-state index contributed by atoms with van der Waals surface area (Å²) in [6, 6.07) is 0. The Morgan fingerprint density at radius 1 is 1.58 bits per heavy atom. The van der Waals surface area contributed by atoms with E-state index in [9.17, 15) is 4.79 Å². The quantitative estimate of drug-likeness (QED) is 0.674. The monoisotopic (exact) mass is 169 g/mol. The van der Waals surface area contributed by atoms with Gasteiger partial charge in [0.2, 0.25) is 5.91 Å². The van der Waals surface area contributed by atoms with Gasteiger partial charge in [-0.1, -0.05) is 20.8 Å². The number of amides is 1. The Bertz CT molecular complexity index is 188. The highest BCUT2D eigenvalue weighted by Crippen LogP contribution is 2.44. The van der Waals surface area contributed by atoms with Crippen molar-refractivity contribution < 1.29 is 4.79 Å². The summed E-state index contributed by atoms with van der Waals surface area (Å²) in [5.41, 5.74) is 5.14. The molecule has 0 spiro atoms. The lowest BCUT2D eigenvalue weighted by Gasteiger charge is -2.20. The number of carbonyl (C=O) groups is 1. The molecule has 1 amide bonds. The molecule has 1 aliphatic rings. The molecule has 2 nitrogen and oxygen atoms in total. The van der Waals surface area contributed by atoms with Crippen LogP contribution in [0.2, 0.25) is 0 Å². The molecule has 0 saturated heterocycles. The molecule has 2 unspecified atom stereocenters. The van der Waals surface area contributed by atoms with Gasteiger partial charge in [0.05, 0.1) is 0 Å². The lowest BCUT2D eigenvalue weighted by Crippen LogP contribution is -2.32. The summed E-state index contributed by atoms with van der Waals surface area (Å²) in [5, 5.41) is 0. The molecular weight excluding hydrogens is 150 g/mol. The zero-order chi connectivity index (χ0) is 9.35. The third-order valence-corrected chi connectivity index (χ3v) is 3.32. The summed E-state index contributed by atoms with van der Waals surface area (Å²) in [7, 11) is 0. The van der Waals surface area contributed by atoms with Gasteiger partial charge in [0.25, 0.3) is 0 Å². The summed E-state index contributed by atoms with van der Waals surface area (Å²) in [5.74, 6) is 1.26. The molecule has 1 rings (SSSR count). The number of nitrogens with two attached hydrogens (primary N) is 1. The lowest BCUT2D eigenvalue weighted by atomic mass is 9.85. The number of hydrogen-bond acceptors (Lipinski definition) is 1. The van der Waals surface area contributed by atoms with E-state index in [2.05, 4.69) is 13.8 Å². The Morgan fingerprint density at radius 3 is 2.42 bits per heavy atom. The van der Waals surface area contributed by atoms with Crippen molar-refractivity contribution in [2.45, 2.75) is 40.0 Å². The fraction of sp³-hybridized carbons (Fsp3) is 0.900. The standard InChI is InChI=1S/C10H19NO/c1-7(2)8-4-5-10(3,6-8)9(11)12/h7-8H,4-6H2,1-3H3,(H2,11,12). The second-order valence-corrected chi connectivity index (χ2v) is 4.67. The summed E-state index contributed by atoms with van der Waals surface area (Å²) in [6.07, 6.45) is 3.13. The van der Waals surface area contributed by atoms with Crippen molar-refractivity contribution in [1.29, 1.82) is 0 Å². The van der Waals surface area contributed by atoms with Gasteiger partial charge in [-0.2, -0.15) is 0 Å². The highest BCUT2D eigenvalue weighted by Gasteiger charge is 2.40. The maximum atomic E-state index is 11.1. The molecule has 0 bridgehead atoms. The zero-order valence-corrected chi connectivity index (χ0v) is 8.26. The summed E-state index contributed by atoms with van der Waals surface area (Å²) in [6.45, 7) is 6.44. The summed E-state index contributed by atoms with van der Waals surface area (Å²) >= 11 is 0. The minimum absolute atomic E-state index is 0.120. The van der Waals surface area contributed by atoms with E-state index in [4.69, 9.17) is 5.73 Å². The fourth-order valence-corrected chi connectivity index (χ4v) is 2.08. The Kier molecular flexibility index (Phi) is 2.45. The average molecular weight is 169 g/mol. The maximum Gasteiger partial charge on any atom is 0.223 e. The van der Waals surface area contributed by atoms with E-state index < -0.39 is 0 Å². The minimum Gasteiger partial charge on any atom is -0.369 e. The van der Waals surface area contributed by atoms with Crippen LogP contribution in [0, 0.1) is 17.3 Å². The van der Waals surface area contributed by atoms with E-state index in [1.54, 1.807) is 0 Å². The highest BCUT2D eigenvalue weighted by atomic mass is 16.1. The van der Waals surface area contributed by atoms with E-state index in [1.165, 1.54) is 0 Å². The van der Waals surface area contributed by atoms with Crippen molar-refractivity contribution in [3.63, 3.8) is 0 Å². The number of carbonyl (C=O) groups excluding carboxylic acids is 1. The molecule has 0 aromatic rings. The number of primary amides is 1. The second-order valence-electron chi connectivity index (χ2n) is 4.67. The van der Waals surface area contributed by atoms with Gasteiger partial charge >= 0.3 is 0 Å². The van der Waals surface area contributed by atoms with Crippen molar-refractivity contribution >= 4 is 5.91 Å². The lowest BCUT2D eigenvalue weighted by molar-refractivity contribution is -0.126. The molecule has 2 heteroatoms. The minimum atomic E-state index is -0.213. The molecule has 2 atom stereocenters. The number of hydrogen-bond donors (Lipinski definition) is 1. The summed E-state index contributed by atoms with van der Waals surface area (Å²) < 4.78 is 0. The van der Waals surface area contributed by atoms with Crippen LogP contribution in [0.3, 0.4) is 0 Å². The molecule has 0 aliphatic heterocycles. The normalized spacial score (nSPS) is 35.8. The van der Waals surface area contributed by atoms with E-state index in [-0.39, 0.29) is 11.3 Å². The molecule has 1 fully saturated rings. The Hall–Kier alpha value is -0.530. The van der Waals surface area contributed by atoms with Crippen LogP contribution in [0.15, 0.2) is 0 Å². The Morgan fingerprint density at radius 2 is 2.17 bits per heavy atom. The van der Waals surface area contributed by atoms with E-state index in [0.29, 0.717) is 11.8 Å². The predicted molar refractivity (Wildman–Crippen MR) is 49.5 cm³/mol. The maximum absolute atomic E-state index is 11.1. The zero-order valence-electron chi connectivity index (χ0n) is 8.26. The first-order valence-corrected chi connectivity index (χ1v) is 4.75. The molecule has 1 saturated carbocycles. The molecule has 0 aromatic heterocycles. The fourth-order valence-electron chi connectivity index (χ4n) is 2.08. The van der Waals surface area contributed by atoms with Gasteiger partial charge in [-0.05, 0) is 31.1 Å². The first-order valence-electron chi connectivity index (χ1n) is 4.75. The second kappa shape index (κ2) is 3.08. The van der Waals surface area contributed by atoms with Crippen molar-refractivity contribution in [3.05, 3.63) is 0 Å². The molecule has 1 aliphatic carbocycles. The van der Waals surface area contributed by atoms with Gasteiger partial charge in [0.1, 0.15) is 0 Å². The van der Waals surface area contributed by atoms with Crippen LogP contribution in [0.4, 0.5) is 0 Å². The van der Waals surface area contributed by atoms with E-state index in [1.807, 2.05) is 6.92 Å². The Labute approximate surface area is 74.5 Å². The first-order chi connectivity index (χ1) is 5.46. The van der Waals surface area contributed by atoms with E-state index >= 15 is 0 Å². The largest absolute Gasteiger partial charge is 0.369 e. The van der Waals surface area contributed by atoms with Gasteiger partial charge in [0, 0.05) is 5.41 Å². The molecule has 0 radical (unpaired) electrons. The highest BCUT2D eigenvalue weighted by molar-refractivity contribution is 5.80. The van der Waals surface area contributed by atoms with Crippen molar-refractivity contribution in [3.8, 4) is 0 Å². The van der Waals surface area contributed by atoms with Crippen LogP contribution in [0.1, 0.15) is 40.0 Å². The molecule has 2 N–H and O–H groups in total. The number of rotatable bonds is 2. The van der Waals surface area contributed by atoms with Crippen molar-refractivity contribution in [2.75, 3.05) is 0 Å². The van der Waals surface area contributed by atoms with Crippen LogP contribution < -0.4 is 5.73 Å². The smallest absolute Gasteiger partial charge is 0.223 e. The first kappa shape index (κ1) is 9.56. The molecule has 0 heterocycles. The summed E-state index contributed by atoms with van der Waals surface area (Å²) in [4.78, 5) is 11.1. The van der Waals surface area contributed by atoms with Gasteiger partial charge in [-0.3, -0.25) is 4.79 Å². The van der Waals surface area contributed by atoms with Gasteiger partial charge in [-0.15, -0.1) is 0 Å². The van der Waals surface area contributed by atoms with Crippen LogP contribution in [-0.2, 0) is 4.79 Å². The van der Waals surface area contributed by atoms with E-state index in [0.717, 1.165) is 19.3 Å². The SMILES string of the molecule is CC(C)C1CCC(C)(C(N)=O)C1. The molecular formula is C10H19NO. The van der Waals surface area contributed by atoms with Crippen LogP contribution in [0.5, 0.6) is 0 Å². The molecule has 12 heavy (non-hydrogen) atoms. The van der Waals surface area contributed by atoms with Gasteiger partial charge in [-0.25, -0.2) is 0 Å². The van der Waals surface area contributed by atoms with Crippen LogP contribution in [0.25, 0.3) is 0 Å². The Balaban J connectivity index is 2.61. The topological polar surface area (TPSA) is 43.1 Å². The predicted octanol–water partition coefficient (Wildman–Crippen LogP) is 1.93. The van der Waals surface area contributed by atoms with Crippen LogP contribution in [-0.4, -0.2) is 5.91 Å². The van der Waals surface area contributed by atoms with Crippen molar-refractivity contribution in [2.24, 2.45) is 23.0 Å². The van der Waals surface area contributed by atoms with Gasteiger partial charge in [0.15, 0.2) is 0 Å². The van der Waals surface area contributed by atoms with Crippen LogP contribution >= 0.6 is 0 Å². The molecule has 70 valence electrons. The molecule has 0 aromatic carbocycles. The third kappa shape index (κ3) is 1.62. The van der Waals surface area contributed by atoms with Crippen molar-refractivity contribution in [1.82, 2.24) is 0 Å². The average Bonchev–Trinajstić information content (AvgIpc) is 2.33. The van der Waals surface area contributed by atoms with Gasteiger partial charge < -0.3 is 5.73 Å².